The van der Waals surface area contributed by atoms with E-state index in [4.69, 9.17) is 11.6 Å². The Kier molecular flexibility index (Phi) is 7.49. The van der Waals surface area contributed by atoms with Crippen LogP contribution in [0.25, 0.3) is 0 Å². The fourth-order valence-corrected chi connectivity index (χ4v) is 4.64. The Balaban J connectivity index is 1.91. The summed E-state index contributed by atoms with van der Waals surface area (Å²) < 4.78 is 28.5. The van der Waals surface area contributed by atoms with Crippen molar-refractivity contribution in [3.63, 3.8) is 0 Å². The zero-order valence-electron chi connectivity index (χ0n) is 17.4. The highest BCUT2D eigenvalue weighted by atomic mass is 35.5. The van der Waals surface area contributed by atoms with Crippen molar-refractivity contribution in [2.24, 2.45) is 0 Å². The number of hydrogen-bond donors (Lipinski definition) is 2. The van der Waals surface area contributed by atoms with Crippen LogP contribution in [0.15, 0.2) is 77.7 Å². The summed E-state index contributed by atoms with van der Waals surface area (Å²) in [5, 5.41) is 3.38. The predicted octanol–water partition coefficient (Wildman–Crippen LogP) is 4.74. The number of amides is 1. The van der Waals surface area contributed by atoms with Gasteiger partial charge in [0, 0.05) is 10.7 Å². The second-order valence-corrected chi connectivity index (χ2v) is 9.42. The van der Waals surface area contributed by atoms with Crippen LogP contribution in [-0.2, 0) is 27.7 Å². The van der Waals surface area contributed by atoms with Gasteiger partial charge in [0.1, 0.15) is 6.04 Å². The van der Waals surface area contributed by atoms with Gasteiger partial charge in [0.2, 0.25) is 15.9 Å². The van der Waals surface area contributed by atoms with Gasteiger partial charge in [-0.2, -0.15) is 4.72 Å². The highest BCUT2D eigenvalue weighted by molar-refractivity contribution is 7.89. The maximum absolute atomic E-state index is 13.2. The number of carbonyl (C=O) groups is 1. The van der Waals surface area contributed by atoms with E-state index in [2.05, 4.69) is 10.0 Å². The van der Waals surface area contributed by atoms with Gasteiger partial charge in [-0.1, -0.05) is 67.1 Å². The molecule has 1 atom stereocenters. The number of rotatable bonds is 8. The monoisotopic (exact) mass is 456 g/mol. The van der Waals surface area contributed by atoms with E-state index in [1.54, 1.807) is 0 Å². The first-order chi connectivity index (χ1) is 14.8. The number of aryl methyl sites for hydroxylation is 2. The summed E-state index contributed by atoms with van der Waals surface area (Å²) in [5.74, 6) is -0.412. The van der Waals surface area contributed by atoms with Crippen LogP contribution in [0, 0.1) is 6.92 Å². The summed E-state index contributed by atoms with van der Waals surface area (Å²) in [7, 11) is -3.93. The number of sulfonamides is 1. The fraction of sp³-hybridized carbons (Fsp3) is 0.208. The van der Waals surface area contributed by atoms with Crippen LogP contribution in [-0.4, -0.2) is 20.4 Å². The summed E-state index contributed by atoms with van der Waals surface area (Å²) in [4.78, 5) is 13.3. The Hall–Kier alpha value is -2.67. The summed E-state index contributed by atoms with van der Waals surface area (Å²) >= 11 is 5.88. The Morgan fingerprint density at radius 1 is 0.968 bits per heavy atom. The smallest absolute Gasteiger partial charge is 0.242 e. The molecule has 2 N–H and O–H groups in total. The molecule has 0 heterocycles. The van der Waals surface area contributed by atoms with Crippen molar-refractivity contribution in [1.82, 2.24) is 4.72 Å². The molecule has 1 amide bonds. The van der Waals surface area contributed by atoms with Crippen LogP contribution < -0.4 is 10.0 Å². The molecule has 3 aromatic carbocycles. The molecular formula is C24H25ClN2O3S. The molecule has 0 aliphatic heterocycles. The van der Waals surface area contributed by atoms with E-state index in [1.807, 2.05) is 62.4 Å². The lowest BCUT2D eigenvalue weighted by molar-refractivity contribution is -0.117. The summed E-state index contributed by atoms with van der Waals surface area (Å²) in [6.45, 7) is 3.92. The van der Waals surface area contributed by atoms with Gasteiger partial charge in [-0.3, -0.25) is 4.79 Å². The molecule has 3 rings (SSSR count). The van der Waals surface area contributed by atoms with E-state index in [9.17, 15) is 13.2 Å². The minimum atomic E-state index is -3.93. The second-order valence-electron chi connectivity index (χ2n) is 7.27. The van der Waals surface area contributed by atoms with Gasteiger partial charge in [0.15, 0.2) is 0 Å². The SMILES string of the molecule is CCc1cccc(C)c1NC(=O)[C@H](Cc1ccccc1)NS(=O)(=O)c1ccc(Cl)cc1. The zero-order valence-corrected chi connectivity index (χ0v) is 19.0. The average molecular weight is 457 g/mol. The molecule has 0 fully saturated rings. The maximum Gasteiger partial charge on any atom is 0.242 e. The number of anilines is 1. The fourth-order valence-electron chi connectivity index (χ4n) is 3.32. The Bertz CT molecular complexity index is 1150. The van der Waals surface area contributed by atoms with Crippen molar-refractivity contribution in [2.75, 3.05) is 5.32 Å². The molecule has 0 aromatic heterocycles. The highest BCUT2D eigenvalue weighted by Crippen LogP contribution is 2.22. The van der Waals surface area contributed by atoms with Crippen LogP contribution in [0.2, 0.25) is 5.02 Å². The molecule has 5 nitrogen and oxygen atoms in total. The Labute approximate surface area is 188 Å². The molecule has 0 saturated heterocycles. The van der Waals surface area contributed by atoms with E-state index in [0.29, 0.717) is 5.02 Å². The van der Waals surface area contributed by atoms with Crippen molar-refractivity contribution in [1.29, 1.82) is 0 Å². The topological polar surface area (TPSA) is 75.3 Å². The molecule has 31 heavy (non-hydrogen) atoms. The standard InChI is InChI=1S/C24H25ClN2O3S/c1-3-19-11-7-8-17(2)23(19)26-24(28)22(16-18-9-5-4-6-10-18)27-31(29,30)21-14-12-20(25)13-15-21/h4-15,22,27H,3,16H2,1-2H3,(H,26,28)/t22-/m0/s1. The Morgan fingerprint density at radius 2 is 1.65 bits per heavy atom. The first-order valence-electron chi connectivity index (χ1n) is 10.0. The normalized spacial score (nSPS) is 12.4. The average Bonchev–Trinajstić information content (AvgIpc) is 2.75. The number of nitrogens with one attached hydrogen (secondary N) is 2. The molecule has 0 aliphatic rings. The minimum Gasteiger partial charge on any atom is -0.324 e. The van der Waals surface area contributed by atoms with E-state index in [0.717, 1.165) is 28.8 Å². The molecule has 0 saturated carbocycles. The van der Waals surface area contributed by atoms with Crippen LogP contribution in [0.4, 0.5) is 5.69 Å². The van der Waals surface area contributed by atoms with Gasteiger partial charge in [0.25, 0.3) is 0 Å². The first-order valence-corrected chi connectivity index (χ1v) is 11.9. The van der Waals surface area contributed by atoms with Gasteiger partial charge in [-0.25, -0.2) is 8.42 Å². The van der Waals surface area contributed by atoms with Crippen LogP contribution >= 0.6 is 11.6 Å². The third-order valence-corrected chi connectivity index (χ3v) is 6.75. The number of benzene rings is 3. The molecule has 0 aliphatic carbocycles. The zero-order chi connectivity index (χ0) is 22.4. The molecule has 162 valence electrons. The van der Waals surface area contributed by atoms with Gasteiger partial charge >= 0.3 is 0 Å². The summed E-state index contributed by atoms with van der Waals surface area (Å²) in [6.07, 6.45) is 0.962. The van der Waals surface area contributed by atoms with Gasteiger partial charge in [-0.05, 0) is 60.7 Å². The largest absolute Gasteiger partial charge is 0.324 e. The van der Waals surface area contributed by atoms with E-state index >= 15 is 0 Å². The number of carbonyl (C=O) groups excluding carboxylic acids is 1. The van der Waals surface area contributed by atoms with E-state index in [-0.39, 0.29) is 11.3 Å². The third-order valence-electron chi connectivity index (χ3n) is 5.01. The minimum absolute atomic E-state index is 0.0490. The molecule has 7 heteroatoms. The summed E-state index contributed by atoms with van der Waals surface area (Å²) in [6, 6.07) is 20.0. The summed E-state index contributed by atoms with van der Waals surface area (Å²) in [5.41, 5.74) is 3.49. The molecule has 0 unspecified atom stereocenters. The van der Waals surface area contributed by atoms with Crippen LogP contribution in [0.1, 0.15) is 23.6 Å². The maximum atomic E-state index is 13.2. The highest BCUT2D eigenvalue weighted by Gasteiger charge is 2.27. The quantitative estimate of drug-likeness (QED) is 0.514. The van der Waals surface area contributed by atoms with Crippen molar-refractivity contribution in [3.8, 4) is 0 Å². The number of para-hydroxylation sites is 1. The first kappa shape index (κ1) is 23.0. The lowest BCUT2D eigenvalue weighted by Crippen LogP contribution is -2.45. The Morgan fingerprint density at radius 3 is 2.29 bits per heavy atom. The third kappa shape index (κ3) is 5.94. The van der Waals surface area contributed by atoms with Crippen molar-refractivity contribution in [3.05, 3.63) is 94.5 Å². The number of halogens is 1. The van der Waals surface area contributed by atoms with Gasteiger partial charge in [-0.15, -0.1) is 0 Å². The molecule has 3 aromatic rings. The second kappa shape index (κ2) is 10.1. The molecule has 0 bridgehead atoms. The molecular weight excluding hydrogens is 432 g/mol. The van der Waals surface area contributed by atoms with Crippen molar-refractivity contribution >= 4 is 33.2 Å². The lowest BCUT2D eigenvalue weighted by Gasteiger charge is -2.21. The van der Waals surface area contributed by atoms with Gasteiger partial charge < -0.3 is 5.32 Å². The van der Waals surface area contributed by atoms with Crippen LogP contribution in [0.3, 0.4) is 0 Å². The van der Waals surface area contributed by atoms with E-state index in [1.165, 1.54) is 24.3 Å². The number of hydrogen-bond acceptors (Lipinski definition) is 3. The lowest BCUT2D eigenvalue weighted by atomic mass is 10.0. The van der Waals surface area contributed by atoms with Crippen molar-refractivity contribution < 1.29 is 13.2 Å². The van der Waals surface area contributed by atoms with Crippen molar-refractivity contribution in [2.45, 2.75) is 37.6 Å². The molecule has 0 radical (unpaired) electrons. The van der Waals surface area contributed by atoms with E-state index < -0.39 is 22.0 Å². The van der Waals surface area contributed by atoms with Crippen LogP contribution in [0.5, 0.6) is 0 Å². The predicted molar refractivity (Wildman–Crippen MR) is 125 cm³/mol. The van der Waals surface area contributed by atoms with Gasteiger partial charge in [0.05, 0.1) is 4.90 Å². The molecule has 0 spiro atoms.